The smallest absolute Gasteiger partial charge is 0.255 e. The molecule has 0 aliphatic carbocycles. The first-order valence-electron chi connectivity index (χ1n) is 12.0. The molecule has 9 heteroatoms. The third-order valence-corrected chi connectivity index (χ3v) is 5.66. The molecule has 4 aromatic rings. The number of aromatic nitrogens is 2. The van der Waals surface area contributed by atoms with Crippen LogP contribution in [0.3, 0.4) is 0 Å². The van der Waals surface area contributed by atoms with Crippen LogP contribution in [0.1, 0.15) is 15.9 Å². The standard InChI is InChI=1S/C29H30N4O5/c1-35-24-16-21(17-25(36-2)27(24)37-3)26-23(28(34)30-14-15-38-22-12-8-5-9-13-22)19-32-29(33-26)31-18-20-10-6-4-7-11-20/h4-13,16-17,19H,14-15,18H2,1-3H3,(H,30,34)(H,31,32,33). The molecular weight excluding hydrogens is 484 g/mol. The van der Waals surface area contributed by atoms with Gasteiger partial charge in [-0.25, -0.2) is 9.97 Å². The lowest BCUT2D eigenvalue weighted by Gasteiger charge is -2.16. The molecule has 1 amide bonds. The molecule has 0 atom stereocenters. The molecule has 0 saturated heterocycles. The van der Waals surface area contributed by atoms with Gasteiger partial charge in [-0.05, 0) is 29.8 Å². The Morgan fingerprint density at radius 2 is 1.53 bits per heavy atom. The Morgan fingerprint density at radius 3 is 2.16 bits per heavy atom. The predicted octanol–water partition coefficient (Wildman–Crippen LogP) is 4.59. The Morgan fingerprint density at radius 1 is 0.868 bits per heavy atom. The van der Waals surface area contributed by atoms with E-state index < -0.39 is 0 Å². The summed E-state index contributed by atoms with van der Waals surface area (Å²) < 4.78 is 22.2. The highest BCUT2D eigenvalue weighted by atomic mass is 16.5. The zero-order valence-electron chi connectivity index (χ0n) is 21.6. The Balaban J connectivity index is 1.61. The molecule has 1 aromatic heterocycles. The van der Waals surface area contributed by atoms with Gasteiger partial charge in [0, 0.05) is 18.3 Å². The van der Waals surface area contributed by atoms with E-state index in [2.05, 4.69) is 15.6 Å². The Hall–Kier alpha value is -4.79. The van der Waals surface area contributed by atoms with Crippen molar-refractivity contribution in [3.05, 3.63) is 90.1 Å². The molecule has 2 N–H and O–H groups in total. The maximum atomic E-state index is 13.2. The Kier molecular flexibility index (Phi) is 8.96. The van der Waals surface area contributed by atoms with Gasteiger partial charge in [-0.1, -0.05) is 48.5 Å². The highest BCUT2D eigenvalue weighted by Crippen LogP contribution is 2.41. The minimum atomic E-state index is -0.333. The third kappa shape index (κ3) is 6.50. The maximum absolute atomic E-state index is 13.2. The second-order valence-electron chi connectivity index (χ2n) is 8.13. The molecule has 0 radical (unpaired) electrons. The van der Waals surface area contributed by atoms with Gasteiger partial charge < -0.3 is 29.6 Å². The summed E-state index contributed by atoms with van der Waals surface area (Å²) in [4.78, 5) is 22.3. The molecule has 4 rings (SSSR count). The van der Waals surface area contributed by atoms with E-state index in [0.29, 0.717) is 59.7 Å². The first-order chi connectivity index (χ1) is 18.6. The van der Waals surface area contributed by atoms with Crippen LogP contribution in [0.25, 0.3) is 11.3 Å². The first kappa shape index (κ1) is 26.3. The van der Waals surface area contributed by atoms with Crippen LogP contribution in [-0.4, -0.2) is 50.4 Å². The van der Waals surface area contributed by atoms with E-state index >= 15 is 0 Å². The van der Waals surface area contributed by atoms with Crippen molar-refractivity contribution in [2.75, 3.05) is 39.8 Å². The van der Waals surface area contributed by atoms with Crippen LogP contribution in [0.15, 0.2) is 79.0 Å². The molecule has 0 fully saturated rings. The number of carbonyl (C=O) groups is 1. The molecular formula is C29H30N4O5. The fourth-order valence-electron chi connectivity index (χ4n) is 3.79. The molecule has 9 nitrogen and oxygen atoms in total. The van der Waals surface area contributed by atoms with E-state index in [9.17, 15) is 4.79 Å². The summed E-state index contributed by atoms with van der Waals surface area (Å²) in [6, 6.07) is 22.8. The van der Waals surface area contributed by atoms with Gasteiger partial charge in [0.25, 0.3) is 5.91 Å². The minimum Gasteiger partial charge on any atom is -0.493 e. The van der Waals surface area contributed by atoms with Gasteiger partial charge in [0.1, 0.15) is 12.4 Å². The first-order valence-corrected chi connectivity index (χ1v) is 12.0. The van der Waals surface area contributed by atoms with Crippen molar-refractivity contribution in [2.45, 2.75) is 6.54 Å². The van der Waals surface area contributed by atoms with Gasteiger partial charge in [-0.2, -0.15) is 0 Å². The average molecular weight is 515 g/mol. The quantitative estimate of drug-likeness (QED) is 0.265. The number of benzene rings is 3. The number of methoxy groups -OCH3 is 3. The SMILES string of the molecule is COc1cc(-c2nc(NCc3ccccc3)ncc2C(=O)NCCOc2ccccc2)cc(OC)c1OC. The van der Waals surface area contributed by atoms with Crippen molar-refractivity contribution in [3.63, 3.8) is 0 Å². The number of amides is 1. The molecule has 3 aromatic carbocycles. The van der Waals surface area contributed by atoms with Crippen LogP contribution in [-0.2, 0) is 6.54 Å². The van der Waals surface area contributed by atoms with Crippen LogP contribution < -0.4 is 29.6 Å². The lowest BCUT2D eigenvalue weighted by atomic mass is 10.0. The monoisotopic (exact) mass is 514 g/mol. The zero-order valence-corrected chi connectivity index (χ0v) is 21.6. The van der Waals surface area contributed by atoms with Gasteiger partial charge in [0.15, 0.2) is 11.5 Å². The van der Waals surface area contributed by atoms with Gasteiger partial charge in [0.2, 0.25) is 11.7 Å². The minimum absolute atomic E-state index is 0.296. The van der Waals surface area contributed by atoms with Crippen molar-refractivity contribution < 1.29 is 23.7 Å². The van der Waals surface area contributed by atoms with Gasteiger partial charge in [-0.15, -0.1) is 0 Å². The number of hydrogen-bond donors (Lipinski definition) is 2. The summed E-state index contributed by atoms with van der Waals surface area (Å²) in [5.41, 5.74) is 2.39. The summed E-state index contributed by atoms with van der Waals surface area (Å²) in [6.07, 6.45) is 1.51. The number of nitrogens with zero attached hydrogens (tertiary/aromatic N) is 2. The largest absolute Gasteiger partial charge is 0.493 e. The number of ether oxygens (including phenoxy) is 4. The summed E-state index contributed by atoms with van der Waals surface area (Å²) in [5, 5.41) is 6.11. The van der Waals surface area contributed by atoms with Crippen molar-refractivity contribution in [1.29, 1.82) is 0 Å². The molecule has 1 heterocycles. The van der Waals surface area contributed by atoms with Crippen LogP contribution in [0, 0.1) is 0 Å². The number of rotatable bonds is 12. The van der Waals surface area contributed by atoms with Crippen molar-refractivity contribution in [3.8, 4) is 34.3 Å². The van der Waals surface area contributed by atoms with Gasteiger partial charge >= 0.3 is 0 Å². The summed E-state index contributed by atoms with van der Waals surface area (Å²) in [6.45, 7) is 1.14. The summed E-state index contributed by atoms with van der Waals surface area (Å²) in [7, 11) is 4.61. The number of carbonyl (C=O) groups excluding carboxylic acids is 1. The lowest BCUT2D eigenvalue weighted by molar-refractivity contribution is 0.0947. The fraction of sp³-hybridized carbons (Fsp3) is 0.207. The molecule has 38 heavy (non-hydrogen) atoms. The molecule has 0 saturated carbocycles. The van der Waals surface area contributed by atoms with E-state index in [0.717, 1.165) is 11.3 Å². The Labute approximate surface area is 221 Å². The number of para-hydroxylation sites is 1. The molecule has 0 bridgehead atoms. The van der Waals surface area contributed by atoms with Crippen molar-refractivity contribution >= 4 is 11.9 Å². The van der Waals surface area contributed by atoms with E-state index in [1.165, 1.54) is 27.5 Å². The van der Waals surface area contributed by atoms with E-state index in [4.69, 9.17) is 23.9 Å². The molecule has 0 spiro atoms. The molecule has 196 valence electrons. The summed E-state index contributed by atoms with van der Waals surface area (Å²) >= 11 is 0. The molecule has 0 aliphatic heterocycles. The fourth-order valence-corrected chi connectivity index (χ4v) is 3.79. The number of anilines is 1. The highest BCUT2D eigenvalue weighted by Gasteiger charge is 2.21. The summed E-state index contributed by atoms with van der Waals surface area (Å²) in [5.74, 6) is 2.11. The van der Waals surface area contributed by atoms with Crippen molar-refractivity contribution in [2.24, 2.45) is 0 Å². The van der Waals surface area contributed by atoms with Crippen LogP contribution >= 0.6 is 0 Å². The van der Waals surface area contributed by atoms with Crippen molar-refractivity contribution in [1.82, 2.24) is 15.3 Å². The second kappa shape index (κ2) is 13.0. The van der Waals surface area contributed by atoms with E-state index in [-0.39, 0.29) is 5.91 Å². The van der Waals surface area contributed by atoms with E-state index in [1.54, 1.807) is 12.1 Å². The Bertz CT molecular complexity index is 1320. The van der Waals surface area contributed by atoms with Gasteiger partial charge in [-0.3, -0.25) is 4.79 Å². The number of nitrogens with one attached hydrogen (secondary N) is 2. The van der Waals surface area contributed by atoms with E-state index in [1.807, 2.05) is 60.7 Å². The van der Waals surface area contributed by atoms with Gasteiger partial charge in [0.05, 0.1) is 39.1 Å². The molecule has 0 aliphatic rings. The topological polar surface area (TPSA) is 104 Å². The average Bonchev–Trinajstić information content (AvgIpc) is 2.98. The van der Waals surface area contributed by atoms with Crippen LogP contribution in [0.5, 0.6) is 23.0 Å². The number of hydrogen-bond acceptors (Lipinski definition) is 8. The third-order valence-electron chi connectivity index (χ3n) is 5.66. The maximum Gasteiger partial charge on any atom is 0.255 e. The highest BCUT2D eigenvalue weighted by molar-refractivity contribution is 6.00. The van der Waals surface area contributed by atoms with Crippen LogP contribution in [0.4, 0.5) is 5.95 Å². The molecule has 0 unspecified atom stereocenters. The lowest BCUT2D eigenvalue weighted by Crippen LogP contribution is -2.29. The second-order valence-corrected chi connectivity index (χ2v) is 8.13. The predicted molar refractivity (Wildman–Crippen MR) is 145 cm³/mol. The zero-order chi connectivity index (χ0) is 26.7. The normalized spacial score (nSPS) is 10.4. The van der Waals surface area contributed by atoms with Crippen LogP contribution in [0.2, 0.25) is 0 Å².